The van der Waals surface area contributed by atoms with Crippen LogP contribution in [-0.4, -0.2) is 20.4 Å². The predicted octanol–water partition coefficient (Wildman–Crippen LogP) is 1.56. The minimum Gasteiger partial charge on any atom is -0.349 e. The molecule has 1 aromatic carbocycles. The average Bonchev–Trinajstić information content (AvgIpc) is 2.33. The molecule has 0 spiro atoms. The van der Waals surface area contributed by atoms with Gasteiger partial charge >= 0.3 is 0 Å². The zero-order chi connectivity index (χ0) is 14.6. The third-order valence-electron chi connectivity index (χ3n) is 2.96. The van der Waals surface area contributed by atoms with Crippen molar-refractivity contribution in [3.05, 3.63) is 29.3 Å². The number of sulfonamides is 1. The minimum absolute atomic E-state index is 0.0396. The van der Waals surface area contributed by atoms with E-state index in [1.165, 1.54) is 12.1 Å². The van der Waals surface area contributed by atoms with E-state index in [2.05, 4.69) is 5.32 Å². The van der Waals surface area contributed by atoms with Crippen LogP contribution in [0.1, 0.15) is 42.6 Å². The molecule has 1 rings (SSSR count). The molecular weight excluding hydrogens is 264 g/mol. The van der Waals surface area contributed by atoms with E-state index in [9.17, 15) is 13.2 Å². The van der Waals surface area contributed by atoms with Gasteiger partial charge < -0.3 is 5.32 Å². The number of nitrogens with one attached hydrogen (secondary N) is 1. The maximum absolute atomic E-state index is 12.1. The second-order valence-corrected chi connectivity index (χ2v) is 6.13. The molecule has 0 radical (unpaired) electrons. The van der Waals surface area contributed by atoms with Crippen LogP contribution in [0, 0.1) is 6.92 Å². The Labute approximate surface area is 114 Å². The van der Waals surface area contributed by atoms with Crippen molar-refractivity contribution in [3.63, 3.8) is 0 Å². The van der Waals surface area contributed by atoms with E-state index in [1.807, 2.05) is 13.8 Å². The number of amides is 1. The molecule has 0 aliphatic rings. The lowest BCUT2D eigenvalue weighted by molar-refractivity contribution is 0.0934. The summed E-state index contributed by atoms with van der Waals surface area (Å²) in [7, 11) is -3.80. The van der Waals surface area contributed by atoms with Gasteiger partial charge in [-0.15, -0.1) is 0 Å². The molecule has 0 unspecified atom stereocenters. The molecule has 0 aliphatic heterocycles. The van der Waals surface area contributed by atoms with E-state index in [1.54, 1.807) is 13.0 Å². The van der Waals surface area contributed by atoms with Gasteiger partial charge in [-0.3, -0.25) is 4.79 Å². The Morgan fingerprint density at radius 1 is 1.26 bits per heavy atom. The topological polar surface area (TPSA) is 89.3 Å². The number of nitrogens with two attached hydrogens (primary N) is 1. The first kappa shape index (κ1) is 15.7. The van der Waals surface area contributed by atoms with E-state index in [-0.39, 0.29) is 16.8 Å². The minimum atomic E-state index is -3.80. The third-order valence-corrected chi connectivity index (χ3v) is 3.86. The Hall–Kier alpha value is -1.40. The Morgan fingerprint density at radius 3 is 2.32 bits per heavy atom. The fourth-order valence-electron chi connectivity index (χ4n) is 1.80. The number of primary sulfonamides is 1. The summed E-state index contributed by atoms with van der Waals surface area (Å²) in [6.45, 7) is 5.70. The van der Waals surface area contributed by atoms with Crippen LogP contribution in [0.4, 0.5) is 0 Å². The molecule has 0 fully saturated rings. The SMILES string of the molecule is CCC(CC)NC(=O)c1cc(C)cc(S(N)(=O)=O)c1. The van der Waals surface area contributed by atoms with Crippen molar-refractivity contribution in [2.24, 2.45) is 5.14 Å². The molecule has 0 aliphatic carbocycles. The highest BCUT2D eigenvalue weighted by molar-refractivity contribution is 7.89. The van der Waals surface area contributed by atoms with Crippen LogP contribution < -0.4 is 10.5 Å². The maximum Gasteiger partial charge on any atom is 0.251 e. The summed E-state index contributed by atoms with van der Waals surface area (Å²) in [6.07, 6.45) is 1.66. The smallest absolute Gasteiger partial charge is 0.251 e. The summed E-state index contributed by atoms with van der Waals surface area (Å²) in [4.78, 5) is 12.0. The highest BCUT2D eigenvalue weighted by atomic mass is 32.2. The summed E-state index contributed by atoms with van der Waals surface area (Å²) < 4.78 is 22.7. The standard InChI is InChI=1S/C13H20N2O3S/c1-4-11(5-2)15-13(16)10-6-9(3)7-12(8-10)19(14,17)18/h6-8,11H,4-5H2,1-3H3,(H,15,16)(H2,14,17,18). The Kier molecular flexibility index (Phi) is 5.08. The van der Waals surface area contributed by atoms with Gasteiger partial charge in [-0.2, -0.15) is 0 Å². The lowest BCUT2D eigenvalue weighted by Crippen LogP contribution is -2.34. The van der Waals surface area contributed by atoms with Crippen LogP contribution in [0.15, 0.2) is 23.1 Å². The van der Waals surface area contributed by atoms with Crippen LogP contribution in [0.25, 0.3) is 0 Å². The summed E-state index contributed by atoms with van der Waals surface area (Å²) in [5.74, 6) is -0.276. The van der Waals surface area contributed by atoms with Crippen LogP contribution in [0.2, 0.25) is 0 Å². The molecule has 0 atom stereocenters. The second-order valence-electron chi connectivity index (χ2n) is 4.57. The molecule has 0 bridgehead atoms. The van der Waals surface area contributed by atoms with Crippen molar-refractivity contribution >= 4 is 15.9 Å². The number of rotatable bonds is 5. The molecule has 0 aromatic heterocycles. The number of carbonyl (C=O) groups is 1. The zero-order valence-electron chi connectivity index (χ0n) is 11.4. The number of benzene rings is 1. The van der Waals surface area contributed by atoms with Gasteiger partial charge in [0, 0.05) is 11.6 Å². The van der Waals surface area contributed by atoms with Gasteiger partial charge in [-0.25, -0.2) is 13.6 Å². The second kappa shape index (κ2) is 6.16. The molecule has 6 heteroatoms. The van der Waals surface area contributed by atoms with E-state index in [0.29, 0.717) is 11.1 Å². The zero-order valence-corrected chi connectivity index (χ0v) is 12.3. The maximum atomic E-state index is 12.1. The van der Waals surface area contributed by atoms with Crippen LogP contribution >= 0.6 is 0 Å². The molecule has 1 amide bonds. The van der Waals surface area contributed by atoms with Gasteiger partial charge in [0.15, 0.2) is 0 Å². The third kappa shape index (κ3) is 4.33. The monoisotopic (exact) mass is 284 g/mol. The van der Waals surface area contributed by atoms with E-state index in [4.69, 9.17) is 5.14 Å². The quantitative estimate of drug-likeness (QED) is 0.860. The molecule has 3 N–H and O–H groups in total. The summed E-state index contributed by atoms with van der Waals surface area (Å²) in [6, 6.07) is 4.49. The normalized spacial score (nSPS) is 11.6. The molecule has 0 heterocycles. The predicted molar refractivity (Wildman–Crippen MR) is 74.4 cm³/mol. The van der Waals surface area contributed by atoms with Crippen molar-refractivity contribution in [2.45, 2.75) is 44.6 Å². The largest absolute Gasteiger partial charge is 0.349 e. The van der Waals surface area contributed by atoms with Crippen LogP contribution in [0.3, 0.4) is 0 Å². The molecule has 0 saturated heterocycles. The van der Waals surface area contributed by atoms with Crippen molar-refractivity contribution in [1.82, 2.24) is 5.32 Å². The first-order chi connectivity index (χ1) is 8.77. The summed E-state index contributed by atoms with van der Waals surface area (Å²) in [5, 5.41) is 7.95. The molecule has 1 aromatic rings. The molecule has 0 saturated carbocycles. The first-order valence-electron chi connectivity index (χ1n) is 6.23. The van der Waals surface area contributed by atoms with E-state index in [0.717, 1.165) is 12.8 Å². The highest BCUT2D eigenvalue weighted by Gasteiger charge is 2.15. The fourth-order valence-corrected chi connectivity index (χ4v) is 2.45. The number of hydrogen-bond donors (Lipinski definition) is 2. The van der Waals surface area contributed by atoms with Crippen molar-refractivity contribution in [1.29, 1.82) is 0 Å². The Morgan fingerprint density at radius 2 is 1.84 bits per heavy atom. The number of aryl methyl sites for hydroxylation is 1. The van der Waals surface area contributed by atoms with Gasteiger partial charge in [-0.1, -0.05) is 13.8 Å². The molecule has 106 valence electrons. The Bertz CT molecular complexity index is 563. The van der Waals surface area contributed by atoms with Gasteiger partial charge in [0.05, 0.1) is 4.90 Å². The highest BCUT2D eigenvalue weighted by Crippen LogP contribution is 2.14. The van der Waals surface area contributed by atoms with Gasteiger partial charge in [0.25, 0.3) is 5.91 Å². The van der Waals surface area contributed by atoms with Gasteiger partial charge in [0.1, 0.15) is 0 Å². The molecular formula is C13H20N2O3S. The summed E-state index contributed by atoms with van der Waals surface area (Å²) >= 11 is 0. The fraction of sp³-hybridized carbons (Fsp3) is 0.462. The Balaban J connectivity index is 3.08. The summed E-state index contributed by atoms with van der Waals surface area (Å²) in [5.41, 5.74) is 0.997. The molecule has 19 heavy (non-hydrogen) atoms. The molecule has 5 nitrogen and oxygen atoms in total. The van der Waals surface area contributed by atoms with E-state index < -0.39 is 10.0 Å². The first-order valence-corrected chi connectivity index (χ1v) is 7.78. The van der Waals surface area contributed by atoms with Crippen molar-refractivity contribution < 1.29 is 13.2 Å². The van der Waals surface area contributed by atoms with E-state index >= 15 is 0 Å². The average molecular weight is 284 g/mol. The van der Waals surface area contributed by atoms with Crippen LogP contribution in [0.5, 0.6) is 0 Å². The number of hydrogen-bond acceptors (Lipinski definition) is 3. The van der Waals surface area contributed by atoms with Gasteiger partial charge in [-0.05, 0) is 43.5 Å². The van der Waals surface area contributed by atoms with Crippen molar-refractivity contribution in [3.8, 4) is 0 Å². The van der Waals surface area contributed by atoms with Crippen LogP contribution in [-0.2, 0) is 10.0 Å². The lowest BCUT2D eigenvalue weighted by Gasteiger charge is -2.15. The van der Waals surface area contributed by atoms with Crippen molar-refractivity contribution in [2.75, 3.05) is 0 Å². The lowest BCUT2D eigenvalue weighted by atomic mass is 10.1. The van der Waals surface area contributed by atoms with Gasteiger partial charge in [0.2, 0.25) is 10.0 Å². The number of carbonyl (C=O) groups excluding carboxylic acids is 1.